The zero-order valence-electron chi connectivity index (χ0n) is 18.2. The summed E-state index contributed by atoms with van der Waals surface area (Å²) in [5.74, 6) is -0.00899. The van der Waals surface area contributed by atoms with Crippen LogP contribution in [0.25, 0.3) is 0 Å². The third kappa shape index (κ3) is 4.43. The van der Waals surface area contributed by atoms with Gasteiger partial charge in [0.1, 0.15) is 10.4 Å². The number of hydrogen-bond acceptors (Lipinski definition) is 4. The van der Waals surface area contributed by atoms with Gasteiger partial charge in [-0.2, -0.15) is 0 Å². The van der Waals surface area contributed by atoms with Crippen LogP contribution in [0.3, 0.4) is 0 Å². The van der Waals surface area contributed by atoms with E-state index in [0.717, 1.165) is 11.1 Å². The van der Waals surface area contributed by atoms with Crippen molar-refractivity contribution in [3.63, 3.8) is 0 Å². The zero-order valence-corrected chi connectivity index (χ0v) is 19.8. The smallest absolute Gasteiger partial charge is 0.265 e. The second kappa shape index (κ2) is 8.93. The van der Waals surface area contributed by atoms with Gasteiger partial charge in [0.2, 0.25) is 5.91 Å². The predicted octanol–water partition coefficient (Wildman–Crippen LogP) is 4.28. The fourth-order valence-electron chi connectivity index (χ4n) is 5.01. The number of benzene rings is 2. The number of hydrogen-bond donors (Lipinski definition) is 2. The molecule has 3 aromatic rings. The van der Waals surface area contributed by atoms with Gasteiger partial charge >= 0.3 is 0 Å². The van der Waals surface area contributed by atoms with Gasteiger partial charge in [0.25, 0.3) is 5.91 Å². The number of likely N-dealkylation sites (tertiary alicyclic amines) is 1. The first-order chi connectivity index (χ1) is 16.0. The molecule has 0 saturated carbocycles. The number of thiophene rings is 1. The molecule has 2 saturated heterocycles. The van der Waals surface area contributed by atoms with E-state index in [1.807, 2.05) is 46.7 Å². The lowest BCUT2D eigenvalue weighted by molar-refractivity contribution is -0.124. The summed E-state index contributed by atoms with van der Waals surface area (Å²) in [5, 5.41) is 9.38. The molecule has 2 amide bonds. The van der Waals surface area contributed by atoms with Crippen molar-refractivity contribution in [2.24, 2.45) is 0 Å². The number of carbonyl (C=O) groups excluding carboxylic acids is 2. The second-order valence-corrected chi connectivity index (χ2v) is 10.3. The van der Waals surface area contributed by atoms with E-state index in [0.29, 0.717) is 48.7 Å². The number of piperidine rings is 1. The highest BCUT2D eigenvalue weighted by Gasteiger charge is 2.54. The van der Waals surface area contributed by atoms with Crippen LogP contribution in [0.15, 0.2) is 72.1 Å². The van der Waals surface area contributed by atoms with Gasteiger partial charge in [0.15, 0.2) is 0 Å². The molecule has 0 atom stereocenters. The number of nitrogens with one attached hydrogen (secondary N) is 2. The molecule has 1 spiro atoms. The Morgan fingerprint density at radius 3 is 2.03 bits per heavy atom. The van der Waals surface area contributed by atoms with Crippen LogP contribution in [-0.2, 0) is 17.6 Å². The Balaban J connectivity index is 1.37. The van der Waals surface area contributed by atoms with Crippen molar-refractivity contribution in [3.05, 3.63) is 93.1 Å². The molecule has 0 radical (unpaired) electrons. The van der Waals surface area contributed by atoms with Crippen molar-refractivity contribution in [1.29, 1.82) is 0 Å². The van der Waals surface area contributed by atoms with Crippen molar-refractivity contribution in [1.82, 2.24) is 15.5 Å². The lowest BCUT2D eigenvalue weighted by atomic mass is 9.84. The highest BCUT2D eigenvalue weighted by atomic mass is 35.5. The molecular formula is C26H26ClN3O2S. The maximum atomic E-state index is 13.6. The third-order valence-corrected chi connectivity index (χ3v) is 8.01. The molecular weight excluding hydrogens is 454 g/mol. The van der Waals surface area contributed by atoms with E-state index < -0.39 is 11.2 Å². The number of carbonyl (C=O) groups is 2. The van der Waals surface area contributed by atoms with Crippen molar-refractivity contribution in [3.8, 4) is 0 Å². The molecule has 1 aromatic heterocycles. The Morgan fingerprint density at radius 1 is 0.939 bits per heavy atom. The maximum Gasteiger partial charge on any atom is 0.265 e. The van der Waals surface area contributed by atoms with E-state index in [1.54, 1.807) is 6.07 Å². The van der Waals surface area contributed by atoms with Gasteiger partial charge in [0.05, 0.1) is 10.7 Å². The Kier molecular flexibility index (Phi) is 5.99. The lowest BCUT2D eigenvalue weighted by Gasteiger charge is -2.40. The quantitative estimate of drug-likeness (QED) is 0.574. The minimum absolute atomic E-state index is 0.0243. The first kappa shape index (κ1) is 22.1. The van der Waals surface area contributed by atoms with Crippen molar-refractivity contribution < 1.29 is 9.59 Å². The second-order valence-electron chi connectivity index (χ2n) is 8.96. The first-order valence-electron chi connectivity index (χ1n) is 11.2. The van der Waals surface area contributed by atoms with Crippen LogP contribution in [0.2, 0.25) is 5.02 Å². The Labute approximate surface area is 202 Å². The SMILES string of the molecule is O=C(c1sccc1Cl)N1CCC2(CC1)NC(=O)C(Cc1ccccc1)(Cc1ccccc1)N2. The normalized spacial score (nSPS) is 18.9. The topological polar surface area (TPSA) is 61.4 Å². The van der Waals surface area contributed by atoms with Crippen LogP contribution in [0, 0.1) is 0 Å². The summed E-state index contributed by atoms with van der Waals surface area (Å²) >= 11 is 7.55. The van der Waals surface area contributed by atoms with E-state index in [2.05, 4.69) is 34.9 Å². The molecule has 5 nitrogen and oxygen atoms in total. The van der Waals surface area contributed by atoms with Crippen LogP contribution < -0.4 is 10.6 Å². The van der Waals surface area contributed by atoms with E-state index in [4.69, 9.17) is 11.6 Å². The van der Waals surface area contributed by atoms with Crippen molar-refractivity contribution in [2.45, 2.75) is 36.9 Å². The molecule has 2 aromatic carbocycles. The molecule has 5 rings (SSSR count). The van der Waals surface area contributed by atoms with E-state index in [-0.39, 0.29) is 11.8 Å². The maximum absolute atomic E-state index is 13.6. The summed E-state index contributed by atoms with van der Waals surface area (Å²) < 4.78 is 0. The molecule has 2 aliphatic rings. The largest absolute Gasteiger partial charge is 0.338 e. The highest BCUT2D eigenvalue weighted by Crippen LogP contribution is 2.34. The highest BCUT2D eigenvalue weighted by molar-refractivity contribution is 7.12. The zero-order chi connectivity index (χ0) is 22.9. The van der Waals surface area contributed by atoms with Gasteiger partial charge in [-0.25, -0.2) is 0 Å². The molecule has 7 heteroatoms. The summed E-state index contributed by atoms with van der Waals surface area (Å²) in [6.45, 7) is 1.13. The molecule has 0 unspecified atom stereocenters. The predicted molar refractivity (Wildman–Crippen MR) is 131 cm³/mol. The van der Waals surface area contributed by atoms with Crippen molar-refractivity contribution >= 4 is 34.8 Å². The average Bonchev–Trinajstić information content (AvgIpc) is 3.36. The average molecular weight is 480 g/mol. The summed E-state index contributed by atoms with van der Waals surface area (Å²) in [6.07, 6.45) is 2.51. The van der Waals surface area contributed by atoms with Crippen LogP contribution in [0.4, 0.5) is 0 Å². The molecule has 33 heavy (non-hydrogen) atoms. The van der Waals surface area contributed by atoms with E-state index in [9.17, 15) is 9.59 Å². The van der Waals surface area contributed by atoms with Crippen LogP contribution >= 0.6 is 22.9 Å². The number of nitrogens with zero attached hydrogens (tertiary/aromatic N) is 1. The Hall–Kier alpha value is -2.67. The molecule has 170 valence electrons. The van der Waals surface area contributed by atoms with E-state index >= 15 is 0 Å². The fraction of sp³-hybridized carbons (Fsp3) is 0.308. The van der Waals surface area contributed by atoms with Crippen LogP contribution in [0.5, 0.6) is 0 Å². The minimum Gasteiger partial charge on any atom is -0.338 e. The summed E-state index contributed by atoms with van der Waals surface area (Å²) in [6, 6.07) is 22.0. The van der Waals surface area contributed by atoms with Gasteiger partial charge in [-0.3, -0.25) is 14.9 Å². The summed E-state index contributed by atoms with van der Waals surface area (Å²) in [5.41, 5.74) is 0.976. The summed E-state index contributed by atoms with van der Waals surface area (Å²) in [4.78, 5) is 28.9. The molecule has 0 aliphatic carbocycles. The third-order valence-electron chi connectivity index (χ3n) is 6.68. The van der Waals surface area contributed by atoms with Gasteiger partial charge in [-0.05, 0) is 35.4 Å². The van der Waals surface area contributed by atoms with Crippen LogP contribution in [0.1, 0.15) is 33.6 Å². The fourth-order valence-corrected chi connectivity index (χ4v) is 6.12. The van der Waals surface area contributed by atoms with Crippen molar-refractivity contribution in [2.75, 3.05) is 13.1 Å². The Morgan fingerprint density at radius 2 is 1.52 bits per heavy atom. The standard InChI is InChI=1S/C26H26ClN3O2S/c27-21-11-16-33-22(21)23(31)30-14-12-26(13-15-30)28-24(32)25(29-26,17-19-7-3-1-4-8-19)18-20-9-5-2-6-10-20/h1-11,16,29H,12-15,17-18H2,(H,28,32). The first-order valence-corrected chi connectivity index (χ1v) is 12.5. The number of amides is 2. The minimum atomic E-state index is -0.744. The van der Waals surface area contributed by atoms with E-state index in [1.165, 1.54) is 11.3 Å². The monoisotopic (exact) mass is 479 g/mol. The van der Waals surface area contributed by atoms with Gasteiger partial charge in [-0.15, -0.1) is 11.3 Å². The molecule has 3 heterocycles. The Bertz CT molecular complexity index is 1100. The van der Waals surface area contributed by atoms with Crippen LogP contribution in [-0.4, -0.2) is 41.0 Å². The molecule has 0 bridgehead atoms. The number of halogens is 1. The molecule has 2 N–H and O–H groups in total. The summed E-state index contributed by atoms with van der Waals surface area (Å²) in [7, 11) is 0. The molecule has 2 fully saturated rings. The van der Waals surface area contributed by atoms with Gasteiger partial charge in [0, 0.05) is 25.9 Å². The molecule has 2 aliphatic heterocycles. The van der Waals surface area contributed by atoms with Gasteiger partial charge in [-0.1, -0.05) is 72.3 Å². The lowest BCUT2D eigenvalue weighted by Crippen LogP contribution is -2.60. The van der Waals surface area contributed by atoms with Gasteiger partial charge < -0.3 is 10.2 Å². The number of rotatable bonds is 5.